The van der Waals surface area contributed by atoms with Crippen molar-refractivity contribution in [3.63, 3.8) is 0 Å². The molecule has 134 valence electrons. The summed E-state index contributed by atoms with van der Waals surface area (Å²) < 4.78 is 0. The van der Waals surface area contributed by atoms with Crippen molar-refractivity contribution in [2.24, 2.45) is 5.41 Å². The molecule has 0 aliphatic heterocycles. The maximum absolute atomic E-state index is 11.9. The first kappa shape index (κ1) is 20.2. The highest BCUT2D eigenvalue weighted by molar-refractivity contribution is 5.82. The van der Waals surface area contributed by atoms with Crippen molar-refractivity contribution in [3.8, 4) is 0 Å². The highest BCUT2D eigenvalue weighted by Crippen LogP contribution is 2.12. The molecule has 2 N–H and O–H groups in total. The lowest BCUT2D eigenvalue weighted by atomic mass is 9.96. The van der Waals surface area contributed by atoms with Crippen LogP contribution in [0.5, 0.6) is 0 Å². The van der Waals surface area contributed by atoms with Crippen LogP contribution in [0, 0.1) is 5.41 Å². The Kier molecular flexibility index (Phi) is 7.92. The first-order chi connectivity index (χ1) is 11.2. The molecule has 0 saturated heterocycles. The summed E-state index contributed by atoms with van der Waals surface area (Å²) in [6.45, 7) is 10.5. The molecule has 0 bridgehead atoms. The number of amides is 2. The molecular formula is C19H31N3O2. The van der Waals surface area contributed by atoms with Crippen LogP contribution < -0.4 is 10.6 Å². The first-order valence-electron chi connectivity index (χ1n) is 8.53. The third kappa shape index (κ3) is 7.59. The summed E-state index contributed by atoms with van der Waals surface area (Å²) in [4.78, 5) is 25.8. The van der Waals surface area contributed by atoms with Gasteiger partial charge in [0.1, 0.15) is 0 Å². The van der Waals surface area contributed by atoms with E-state index in [2.05, 4.69) is 41.6 Å². The first-order valence-corrected chi connectivity index (χ1v) is 8.53. The second-order valence-corrected chi connectivity index (χ2v) is 7.18. The monoisotopic (exact) mass is 333 g/mol. The van der Waals surface area contributed by atoms with Crippen molar-refractivity contribution in [1.29, 1.82) is 0 Å². The SMILES string of the molecule is CCN(C)Cc1cccc(CNC(=O)CCNC(=O)C(C)(C)C)c1. The fourth-order valence-corrected chi connectivity index (χ4v) is 2.11. The quantitative estimate of drug-likeness (QED) is 0.767. The van der Waals surface area contributed by atoms with Crippen molar-refractivity contribution >= 4 is 11.8 Å². The number of benzene rings is 1. The van der Waals surface area contributed by atoms with E-state index in [0.717, 1.165) is 18.7 Å². The van der Waals surface area contributed by atoms with Crippen LogP contribution in [0.15, 0.2) is 24.3 Å². The van der Waals surface area contributed by atoms with Crippen molar-refractivity contribution < 1.29 is 9.59 Å². The highest BCUT2D eigenvalue weighted by atomic mass is 16.2. The number of nitrogens with zero attached hydrogens (tertiary/aromatic N) is 1. The molecule has 1 aromatic carbocycles. The number of hydrogen-bond donors (Lipinski definition) is 2. The van der Waals surface area contributed by atoms with Gasteiger partial charge in [-0.1, -0.05) is 52.0 Å². The van der Waals surface area contributed by atoms with Gasteiger partial charge in [-0.15, -0.1) is 0 Å². The van der Waals surface area contributed by atoms with Crippen LogP contribution in [0.3, 0.4) is 0 Å². The molecular weight excluding hydrogens is 302 g/mol. The average molecular weight is 333 g/mol. The molecule has 1 rings (SSSR count). The smallest absolute Gasteiger partial charge is 0.225 e. The van der Waals surface area contributed by atoms with Gasteiger partial charge >= 0.3 is 0 Å². The molecule has 0 heterocycles. The fraction of sp³-hybridized carbons (Fsp3) is 0.579. The zero-order valence-corrected chi connectivity index (χ0v) is 15.6. The third-order valence-corrected chi connectivity index (χ3v) is 3.79. The molecule has 0 radical (unpaired) electrons. The summed E-state index contributed by atoms with van der Waals surface area (Å²) in [5, 5.41) is 5.69. The Bertz CT molecular complexity index is 550. The van der Waals surface area contributed by atoms with Gasteiger partial charge in [-0.2, -0.15) is 0 Å². The van der Waals surface area contributed by atoms with Crippen molar-refractivity contribution in [2.75, 3.05) is 20.1 Å². The third-order valence-electron chi connectivity index (χ3n) is 3.79. The van der Waals surface area contributed by atoms with Crippen LogP contribution in [0.25, 0.3) is 0 Å². The Labute approximate surface area is 145 Å². The Balaban J connectivity index is 2.37. The lowest BCUT2D eigenvalue weighted by Gasteiger charge is -2.17. The Morgan fingerprint density at radius 2 is 1.79 bits per heavy atom. The van der Waals surface area contributed by atoms with E-state index in [9.17, 15) is 9.59 Å². The van der Waals surface area contributed by atoms with Crippen molar-refractivity contribution in [2.45, 2.75) is 47.2 Å². The summed E-state index contributed by atoms with van der Waals surface area (Å²) in [6, 6.07) is 8.24. The molecule has 24 heavy (non-hydrogen) atoms. The number of carbonyl (C=O) groups is 2. The topological polar surface area (TPSA) is 61.4 Å². The van der Waals surface area contributed by atoms with E-state index in [4.69, 9.17) is 0 Å². The van der Waals surface area contributed by atoms with Crippen LogP contribution >= 0.6 is 0 Å². The minimum absolute atomic E-state index is 0.0388. The normalized spacial score (nSPS) is 11.4. The maximum Gasteiger partial charge on any atom is 0.225 e. The van der Waals surface area contributed by atoms with Crippen LogP contribution in [0.4, 0.5) is 0 Å². The Morgan fingerprint density at radius 1 is 1.12 bits per heavy atom. The Morgan fingerprint density at radius 3 is 2.42 bits per heavy atom. The number of carbonyl (C=O) groups excluding carboxylic acids is 2. The lowest BCUT2D eigenvalue weighted by molar-refractivity contribution is -0.128. The average Bonchev–Trinajstić information content (AvgIpc) is 2.52. The molecule has 0 saturated carbocycles. The van der Waals surface area contributed by atoms with Crippen LogP contribution in [-0.2, 0) is 22.7 Å². The molecule has 5 heteroatoms. The number of rotatable bonds is 8. The van der Waals surface area contributed by atoms with Gasteiger partial charge in [-0.25, -0.2) is 0 Å². The Hall–Kier alpha value is -1.88. The van der Waals surface area contributed by atoms with E-state index >= 15 is 0 Å². The zero-order valence-electron chi connectivity index (χ0n) is 15.6. The van der Waals surface area contributed by atoms with E-state index in [1.165, 1.54) is 5.56 Å². The van der Waals surface area contributed by atoms with Crippen molar-refractivity contribution in [3.05, 3.63) is 35.4 Å². The van der Waals surface area contributed by atoms with Crippen LogP contribution in [0.1, 0.15) is 45.2 Å². The molecule has 0 aliphatic carbocycles. The lowest BCUT2D eigenvalue weighted by Crippen LogP contribution is -2.37. The number of hydrogen-bond acceptors (Lipinski definition) is 3. The van der Waals surface area contributed by atoms with E-state index in [0.29, 0.717) is 19.5 Å². The van der Waals surface area contributed by atoms with Gasteiger partial charge in [0.25, 0.3) is 0 Å². The van der Waals surface area contributed by atoms with Crippen molar-refractivity contribution in [1.82, 2.24) is 15.5 Å². The van der Waals surface area contributed by atoms with Gasteiger partial charge < -0.3 is 15.5 Å². The fourth-order valence-electron chi connectivity index (χ4n) is 2.11. The minimum Gasteiger partial charge on any atom is -0.355 e. The molecule has 1 aromatic rings. The molecule has 5 nitrogen and oxygen atoms in total. The van der Waals surface area contributed by atoms with Gasteiger partial charge in [0, 0.05) is 31.5 Å². The molecule has 2 amide bonds. The zero-order chi connectivity index (χ0) is 18.2. The molecule has 0 spiro atoms. The van der Waals surface area contributed by atoms with Crippen LogP contribution in [-0.4, -0.2) is 36.9 Å². The molecule has 0 unspecified atom stereocenters. The second kappa shape index (κ2) is 9.42. The summed E-state index contributed by atoms with van der Waals surface area (Å²) in [6.07, 6.45) is 0.292. The van der Waals surface area contributed by atoms with E-state index in [1.807, 2.05) is 32.9 Å². The van der Waals surface area contributed by atoms with E-state index in [1.54, 1.807) is 0 Å². The minimum atomic E-state index is -0.428. The summed E-state index contributed by atoms with van der Waals surface area (Å²) >= 11 is 0. The number of nitrogens with one attached hydrogen (secondary N) is 2. The predicted octanol–water partition coefficient (Wildman–Crippen LogP) is 2.31. The maximum atomic E-state index is 11.9. The van der Waals surface area contributed by atoms with Gasteiger partial charge in [0.2, 0.25) is 11.8 Å². The molecule has 0 aliphatic rings. The molecule has 0 atom stereocenters. The molecule has 0 fully saturated rings. The van der Waals surface area contributed by atoms with Crippen LogP contribution in [0.2, 0.25) is 0 Å². The van der Waals surface area contributed by atoms with Gasteiger partial charge in [-0.3, -0.25) is 9.59 Å². The largest absolute Gasteiger partial charge is 0.355 e. The second-order valence-electron chi connectivity index (χ2n) is 7.18. The summed E-state index contributed by atoms with van der Waals surface area (Å²) in [7, 11) is 2.08. The molecule has 0 aromatic heterocycles. The van der Waals surface area contributed by atoms with Gasteiger partial charge in [0.05, 0.1) is 0 Å². The van der Waals surface area contributed by atoms with E-state index < -0.39 is 5.41 Å². The highest BCUT2D eigenvalue weighted by Gasteiger charge is 2.20. The van der Waals surface area contributed by atoms with Gasteiger partial charge in [0.15, 0.2) is 0 Å². The van der Waals surface area contributed by atoms with E-state index in [-0.39, 0.29) is 11.8 Å². The van der Waals surface area contributed by atoms with Gasteiger partial charge in [-0.05, 0) is 24.7 Å². The standard InChI is InChI=1S/C19H31N3O2/c1-6-22(5)14-16-9-7-8-15(12-16)13-21-17(23)10-11-20-18(24)19(2,3)4/h7-9,12H,6,10-11,13-14H2,1-5H3,(H,20,24)(H,21,23). The summed E-state index contributed by atoms with van der Waals surface area (Å²) in [5.74, 6) is -0.0941. The summed E-state index contributed by atoms with van der Waals surface area (Å²) in [5.41, 5.74) is 1.90. The predicted molar refractivity (Wildman–Crippen MR) is 97.4 cm³/mol.